The molecule has 11 aromatic rings. The number of benzene rings is 10. The number of hydrogen-bond acceptors (Lipinski definition) is 4. The largest absolute Gasteiger partial charge is 0.456 e. The molecule has 0 bridgehead atoms. The Bertz CT molecular complexity index is 4950. The summed E-state index contributed by atoms with van der Waals surface area (Å²) in [6.07, 6.45) is 2.27. The van der Waals surface area contributed by atoms with Crippen LogP contribution < -0.4 is 31.1 Å². The van der Waals surface area contributed by atoms with Gasteiger partial charge in [-0.2, -0.15) is 0 Å². The fourth-order valence-corrected chi connectivity index (χ4v) is 18.1. The summed E-state index contributed by atoms with van der Waals surface area (Å²) < 4.78 is 6.95. The molecule has 3 heterocycles. The van der Waals surface area contributed by atoms with E-state index in [0.29, 0.717) is 0 Å². The second-order valence-corrected chi connectivity index (χ2v) is 34.1. The summed E-state index contributed by atoms with van der Waals surface area (Å²) in [6.45, 7) is 45.9. The molecule has 4 nitrogen and oxygen atoms in total. The third kappa shape index (κ3) is 8.56. The molecule has 472 valence electrons. The summed E-state index contributed by atoms with van der Waals surface area (Å²) in [5, 5.41) is 2.21. The lowest BCUT2D eigenvalue weighted by molar-refractivity contribution is 0.332. The van der Waals surface area contributed by atoms with Crippen LogP contribution in [0.2, 0.25) is 0 Å². The van der Waals surface area contributed by atoms with E-state index in [1.165, 1.54) is 111 Å². The maximum atomic E-state index is 6.95. The van der Waals surface area contributed by atoms with Crippen LogP contribution in [-0.2, 0) is 43.3 Å². The van der Waals surface area contributed by atoms with E-state index >= 15 is 0 Å². The molecule has 5 heteroatoms. The Labute approximate surface area is 560 Å². The second kappa shape index (κ2) is 19.8. The van der Waals surface area contributed by atoms with E-state index in [9.17, 15) is 0 Å². The van der Waals surface area contributed by atoms with E-state index in [2.05, 4.69) is 334 Å². The quantitative estimate of drug-likeness (QED) is 0.160. The summed E-state index contributed by atoms with van der Waals surface area (Å²) in [5.74, 6) is 0. The topological polar surface area (TPSA) is 22.9 Å². The number of furan rings is 1. The monoisotopic (exact) mass is 1230 g/mol. The van der Waals surface area contributed by atoms with E-state index in [1.807, 2.05) is 0 Å². The smallest absolute Gasteiger partial charge is 0.252 e. The normalized spacial score (nSPS) is 17.9. The molecule has 0 N–H and O–H groups in total. The molecule has 94 heavy (non-hydrogen) atoms. The van der Waals surface area contributed by atoms with Gasteiger partial charge in [0.05, 0.1) is 16.8 Å². The van der Waals surface area contributed by atoms with Gasteiger partial charge in [0.1, 0.15) is 11.2 Å². The molecule has 0 radical (unpaired) electrons. The number of anilines is 9. The van der Waals surface area contributed by atoms with Crippen molar-refractivity contribution in [3.63, 3.8) is 0 Å². The zero-order chi connectivity index (χ0) is 66.1. The SMILES string of the molecule is Cc1cc2c(cc1N1c3cc4c(cc3B3c5cc6c(cc5N(c5cccc7oc8ccccc8c57)c5cc(N(c7ccc(C(C)(C)C)cc7)c7ccc(C(C)(C)C)cc7)cc1c53)C(C)(C)c1ccccc1C6(C)C)C(C)(C)c1ccccc1C4(C)C)C(C)(C)CCC2(C)C. The van der Waals surface area contributed by atoms with Crippen molar-refractivity contribution in [3.8, 4) is 0 Å². The minimum Gasteiger partial charge on any atom is -0.456 e. The lowest BCUT2D eigenvalue weighted by Crippen LogP contribution is -2.62. The molecule has 0 spiro atoms. The first-order chi connectivity index (χ1) is 44.3. The minimum absolute atomic E-state index is 0.0241. The number of hydrogen-bond donors (Lipinski definition) is 0. The van der Waals surface area contributed by atoms with Crippen LogP contribution in [0.4, 0.5) is 51.2 Å². The van der Waals surface area contributed by atoms with Crippen LogP contribution in [0.5, 0.6) is 0 Å². The first kappa shape index (κ1) is 60.4. The molecule has 16 rings (SSSR count). The lowest BCUT2D eigenvalue weighted by atomic mass is 9.32. The molecule has 10 aromatic carbocycles. The third-order valence-corrected chi connectivity index (χ3v) is 23.8. The highest BCUT2D eigenvalue weighted by molar-refractivity contribution is 7.00. The number of nitrogens with zero attached hydrogens (tertiary/aromatic N) is 3. The van der Waals surface area contributed by atoms with Crippen molar-refractivity contribution in [3.05, 3.63) is 260 Å². The van der Waals surface area contributed by atoms with Crippen LogP contribution in [0, 0.1) is 6.92 Å². The highest BCUT2D eigenvalue weighted by Gasteiger charge is 2.52. The van der Waals surface area contributed by atoms with E-state index in [-0.39, 0.29) is 50.0 Å². The number of fused-ring (bicyclic) bond motifs is 12. The first-order valence-corrected chi connectivity index (χ1v) is 34.7. The van der Waals surface area contributed by atoms with Crippen molar-refractivity contribution in [1.82, 2.24) is 0 Å². The summed E-state index contributed by atoms with van der Waals surface area (Å²) in [4.78, 5) is 8.02. The number of para-hydroxylation sites is 1. The lowest BCUT2D eigenvalue weighted by Gasteiger charge is -2.50. The van der Waals surface area contributed by atoms with Crippen LogP contribution in [0.15, 0.2) is 192 Å². The molecule has 2 aliphatic heterocycles. The summed E-state index contributed by atoms with van der Waals surface area (Å²) in [6, 6.07) is 74.1. The van der Waals surface area contributed by atoms with Gasteiger partial charge in [0, 0.05) is 66.9 Å². The van der Waals surface area contributed by atoms with E-state index in [1.54, 1.807) is 0 Å². The number of rotatable bonds is 5. The van der Waals surface area contributed by atoms with Gasteiger partial charge in [-0.05, 0) is 203 Å². The molecule has 0 saturated carbocycles. The molecule has 0 amide bonds. The van der Waals surface area contributed by atoms with Crippen molar-refractivity contribution >= 4 is 96.2 Å². The van der Waals surface area contributed by atoms with Crippen molar-refractivity contribution in [2.24, 2.45) is 0 Å². The Kier molecular flexibility index (Phi) is 12.7. The van der Waals surface area contributed by atoms with Gasteiger partial charge in [-0.1, -0.05) is 240 Å². The molecule has 0 saturated heterocycles. The van der Waals surface area contributed by atoms with Crippen molar-refractivity contribution in [1.29, 1.82) is 0 Å². The fourth-order valence-electron chi connectivity index (χ4n) is 18.1. The first-order valence-electron chi connectivity index (χ1n) is 34.7. The molecule has 1 aromatic heterocycles. The van der Waals surface area contributed by atoms with Crippen molar-refractivity contribution in [2.75, 3.05) is 14.7 Å². The average Bonchev–Trinajstić information content (AvgIpc) is 0.801. The molecule has 3 aliphatic carbocycles. The fraction of sp³-hybridized carbons (Fsp3) is 0.326. The van der Waals surface area contributed by atoms with E-state index in [0.717, 1.165) is 63.2 Å². The summed E-state index contributed by atoms with van der Waals surface area (Å²) in [5.41, 5.74) is 32.8. The average molecular weight is 1230 g/mol. The second-order valence-electron chi connectivity index (χ2n) is 34.1. The zero-order valence-electron chi connectivity index (χ0n) is 59.1. The predicted molar refractivity (Wildman–Crippen MR) is 401 cm³/mol. The van der Waals surface area contributed by atoms with Gasteiger partial charge in [0.15, 0.2) is 0 Å². The standard InChI is InChI=1S/C89H92BN3O/c1-53-45-64-65(85(10,11)44-43-84(64,8)9)50-73(53)93-75-52-69-67(87(14,15)61-29-22-24-31-63(61)89(69,18)19)49-71(75)90-70-48-66-68(88(16,17)62-30-23-21-28-60(62)86(66,12)13)51-74(70)92(72-32-26-34-79-80(72)59-27-20-25-33-78(59)94-79)76-46-58(47-77(93)81(76)90)91(56-39-35-54(36-40-56)82(2,3)4)57-41-37-55(38-42-57)83(5,6)7/h20-42,45-52H,43-44H2,1-19H3. The Balaban J connectivity index is 1.11. The van der Waals surface area contributed by atoms with Gasteiger partial charge in [-0.25, -0.2) is 0 Å². The molecule has 0 atom stereocenters. The predicted octanol–water partition coefficient (Wildman–Crippen LogP) is 22.3. The van der Waals surface area contributed by atoms with Gasteiger partial charge in [0.2, 0.25) is 0 Å². The van der Waals surface area contributed by atoms with Crippen LogP contribution in [0.3, 0.4) is 0 Å². The van der Waals surface area contributed by atoms with Gasteiger partial charge >= 0.3 is 0 Å². The van der Waals surface area contributed by atoms with E-state index < -0.39 is 0 Å². The Hall–Kier alpha value is -8.54. The molecular formula is C89H92BN3O. The van der Waals surface area contributed by atoms with Crippen LogP contribution in [0.1, 0.15) is 210 Å². The van der Waals surface area contributed by atoms with Crippen molar-refractivity contribution in [2.45, 2.75) is 188 Å². The molecule has 0 fully saturated rings. The van der Waals surface area contributed by atoms with Crippen LogP contribution >= 0.6 is 0 Å². The molecule has 5 aliphatic rings. The van der Waals surface area contributed by atoms with Gasteiger partial charge in [-0.15, -0.1) is 0 Å². The third-order valence-electron chi connectivity index (χ3n) is 23.8. The van der Waals surface area contributed by atoms with Gasteiger partial charge in [-0.3, -0.25) is 0 Å². The molecule has 0 unspecified atom stereocenters. The summed E-state index contributed by atoms with van der Waals surface area (Å²) >= 11 is 0. The van der Waals surface area contributed by atoms with Crippen LogP contribution in [-0.4, -0.2) is 6.71 Å². The number of aryl methyl sites for hydroxylation is 1. The summed E-state index contributed by atoms with van der Waals surface area (Å²) in [7, 11) is 0. The highest BCUT2D eigenvalue weighted by atomic mass is 16.3. The zero-order valence-corrected chi connectivity index (χ0v) is 59.1. The maximum Gasteiger partial charge on any atom is 0.252 e. The Morgan fingerprint density at radius 3 is 1.21 bits per heavy atom. The van der Waals surface area contributed by atoms with Gasteiger partial charge in [0.25, 0.3) is 6.71 Å². The minimum atomic E-state index is -0.325. The Morgan fingerprint density at radius 2 is 0.755 bits per heavy atom. The highest BCUT2D eigenvalue weighted by Crippen LogP contribution is 2.58. The van der Waals surface area contributed by atoms with Crippen LogP contribution in [0.25, 0.3) is 21.9 Å². The van der Waals surface area contributed by atoms with Gasteiger partial charge < -0.3 is 19.1 Å². The van der Waals surface area contributed by atoms with Crippen molar-refractivity contribution < 1.29 is 4.42 Å². The molecular weight excluding hydrogens is 1140 g/mol. The van der Waals surface area contributed by atoms with E-state index in [4.69, 9.17) is 4.42 Å². The Morgan fingerprint density at radius 1 is 0.362 bits per heavy atom. The maximum absolute atomic E-state index is 6.95.